The average Bonchev–Trinajstić information content (AvgIpc) is 2.35. The maximum atomic E-state index is 11.6. The van der Waals surface area contributed by atoms with Crippen LogP contribution in [0.1, 0.15) is 31.7 Å². The van der Waals surface area contributed by atoms with Gasteiger partial charge in [0.15, 0.2) is 0 Å². The molecule has 0 aliphatic carbocycles. The molecule has 1 unspecified atom stereocenters. The minimum absolute atomic E-state index is 0.0623. The molecule has 0 fully saturated rings. The predicted molar refractivity (Wildman–Crippen MR) is 66.5 cm³/mol. The van der Waals surface area contributed by atoms with Gasteiger partial charge < -0.3 is 10.4 Å². The fourth-order valence-electron chi connectivity index (χ4n) is 1.62. The third-order valence-electron chi connectivity index (χ3n) is 2.59. The zero-order chi connectivity index (χ0) is 12.5. The third kappa shape index (κ3) is 6.02. The molecule has 1 heterocycles. The molecule has 0 radical (unpaired) electrons. The maximum Gasteiger partial charge on any atom is 0.220 e. The summed E-state index contributed by atoms with van der Waals surface area (Å²) in [5, 5.41) is 11.6. The zero-order valence-electron chi connectivity index (χ0n) is 10.2. The summed E-state index contributed by atoms with van der Waals surface area (Å²) in [5.41, 5.74) is 1.12. The van der Waals surface area contributed by atoms with Crippen LogP contribution < -0.4 is 5.32 Å². The molecule has 0 saturated carbocycles. The lowest BCUT2D eigenvalue weighted by Gasteiger charge is -2.12. The van der Waals surface area contributed by atoms with Crippen molar-refractivity contribution in [1.29, 1.82) is 0 Å². The molecular weight excluding hydrogens is 216 g/mol. The molecule has 1 atom stereocenters. The number of hydrogen-bond acceptors (Lipinski definition) is 3. The Morgan fingerprint density at radius 2 is 2.18 bits per heavy atom. The Hall–Kier alpha value is -1.42. The Balaban J connectivity index is 2.21. The summed E-state index contributed by atoms with van der Waals surface area (Å²) in [6, 6.07) is 3.97. The van der Waals surface area contributed by atoms with E-state index >= 15 is 0 Å². The van der Waals surface area contributed by atoms with E-state index in [1.54, 1.807) is 12.4 Å². The van der Waals surface area contributed by atoms with Crippen molar-refractivity contribution in [2.45, 2.75) is 38.6 Å². The normalized spacial score (nSPS) is 12.1. The molecule has 0 aliphatic heterocycles. The Labute approximate surface area is 102 Å². The van der Waals surface area contributed by atoms with Crippen LogP contribution in [0.2, 0.25) is 0 Å². The summed E-state index contributed by atoms with van der Waals surface area (Å²) in [5.74, 6) is 0.0623. The van der Waals surface area contributed by atoms with Crippen LogP contribution in [0.4, 0.5) is 0 Å². The van der Waals surface area contributed by atoms with E-state index in [-0.39, 0.29) is 18.6 Å². The fourth-order valence-corrected chi connectivity index (χ4v) is 1.62. The molecule has 1 rings (SSSR count). The molecule has 17 heavy (non-hydrogen) atoms. The number of nitrogens with zero attached hydrogens (tertiary/aromatic N) is 1. The molecule has 94 valence electrons. The lowest BCUT2D eigenvalue weighted by molar-refractivity contribution is -0.121. The summed E-state index contributed by atoms with van der Waals surface area (Å²) >= 11 is 0. The third-order valence-corrected chi connectivity index (χ3v) is 2.59. The van der Waals surface area contributed by atoms with Crippen LogP contribution in [0.25, 0.3) is 0 Å². The van der Waals surface area contributed by atoms with E-state index in [9.17, 15) is 4.79 Å². The van der Waals surface area contributed by atoms with Gasteiger partial charge in [-0.25, -0.2) is 0 Å². The highest BCUT2D eigenvalue weighted by atomic mass is 16.2. The number of amides is 1. The van der Waals surface area contributed by atoms with E-state index in [4.69, 9.17) is 5.11 Å². The molecule has 2 N–H and O–H groups in total. The van der Waals surface area contributed by atoms with Gasteiger partial charge in [0.25, 0.3) is 0 Å². The quantitative estimate of drug-likeness (QED) is 0.750. The first kappa shape index (κ1) is 13.6. The van der Waals surface area contributed by atoms with Crippen LogP contribution in [-0.4, -0.2) is 28.6 Å². The molecule has 0 aromatic carbocycles. The standard InChI is InChI=1S/C13H20N2O2/c1-11(3-2-10-16)15-13(17)5-4-12-6-8-14-9-7-12/h6-9,11,16H,2-5,10H2,1H3,(H,15,17). The summed E-state index contributed by atoms with van der Waals surface area (Å²) in [7, 11) is 0. The van der Waals surface area contributed by atoms with Crippen LogP contribution in [0.5, 0.6) is 0 Å². The summed E-state index contributed by atoms with van der Waals surface area (Å²) in [4.78, 5) is 15.5. The molecule has 1 amide bonds. The number of pyridine rings is 1. The van der Waals surface area contributed by atoms with Gasteiger partial charge in [-0.15, -0.1) is 0 Å². The van der Waals surface area contributed by atoms with Crippen LogP contribution in [0.15, 0.2) is 24.5 Å². The van der Waals surface area contributed by atoms with Crippen molar-refractivity contribution in [3.8, 4) is 0 Å². The van der Waals surface area contributed by atoms with E-state index in [0.717, 1.165) is 24.8 Å². The van der Waals surface area contributed by atoms with Crippen LogP contribution in [-0.2, 0) is 11.2 Å². The largest absolute Gasteiger partial charge is 0.396 e. The van der Waals surface area contributed by atoms with E-state index in [1.807, 2.05) is 19.1 Å². The second-order valence-electron chi connectivity index (χ2n) is 4.19. The number of hydrogen-bond donors (Lipinski definition) is 2. The zero-order valence-corrected chi connectivity index (χ0v) is 10.2. The average molecular weight is 236 g/mol. The van der Waals surface area contributed by atoms with Gasteiger partial charge in [-0.3, -0.25) is 9.78 Å². The minimum Gasteiger partial charge on any atom is -0.396 e. The number of aliphatic hydroxyl groups excluding tert-OH is 1. The van der Waals surface area contributed by atoms with Crippen molar-refractivity contribution in [2.24, 2.45) is 0 Å². The molecule has 4 nitrogen and oxygen atoms in total. The molecule has 0 spiro atoms. The van der Waals surface area contributed by atoms with Gasteiger partial charge in [0, 0.05) is 31.5 Å². The SMILES string of the molecule is CC(CCCO)NC(=O)CCc1ccncc1. The Morgan fingerprint density at radius 3 is 2.82 bits per heavy atom. The second kappa shape index (κ2) is 7.79. The van der Waals surface area contributed by atoms with Gasteiger partial charge in [0.05, 0.1) is 0 Å². The van der Waals surface area contributed by atoms with Crippen molar-refractivity contribution in [1.82, 2.24) is 10.3 Å². The van der Waals surface area contributed by atoms with Gasteiger partial charge >= 0.3 is 0 Å². The number of aliphatic hydroxyl groups is 1. The van der Waals surface area contributed by atoms with Gasteiger partial charge in [-0.2, -0.15) is 0 Å². The van der Waals surface area contributed by atoms with Crippen molar-refractivity contribution in [2.75, 3.05) is 6.61 Å². The maximum absolute atomic E-state index is 11.6. The first-order valence-corrected chi connectivity index (χ1v) is 6.01. The molecule has 4 heteroatoms. The highest BCUT2D eigenvalue weighted by Gasteiger charge is 2.06. The van der Waals surface area contributed by atoms with Gasteiger partial charge in [0.1, 0.15) is 0 Å². The smallest absolute Gasteiger partial charge is 0.220 e. The van der Waals surface area contributed by atoms with Gasteiger partial charge in [-0.1, -0.05) is 0 Å². The number of carbonyl (C=O) groups is 1. The van der Waals surface area contributed by atoms with Gasteiger partial charge in [0.2, 0.25) is 5.91 Å². The van der Waals surface area contributed by atoms with E-state index in [2.05, 4.69) is 10.3 Å². The molecule has 0 saturated heterocycles. The number of rotatable bonds is 7. The van der Waals surface area contributed by atoms with Crippen molar-refractivity contribution >= 4 is 5.91 Å². The lowest BCUT2D eigenvalue weighted by Crippen LogP contribution is -2.32. The number of carbonyl (C=O) groups excluding carboxylic acids is 1. The van der Waals surface area contributed by atoms with Crippen LogP contribution in [0, 0.1) is 0 Å². The summed E-state index contributed by atoms with van der Waals surface area (Å²) in [6.07, 6.45) is 6.24. The molecule has 1 aromatic heterocycles. The number of nitrogens with one attached hydrogen (secondary N) is 1. The second-order valence-corrected chi connectivity index (χ2v) is 4.19. The Bertz CT molecular complexity index is 327. The van der Waals surface area contributed by atoms with E-state index < -0.39 is 0 Å². The first-order valence-electron chi connectivity index (χ1n) is 6.01. The van der Waals surface area contributed by atoms with Crippen molar-refractivity contribution in [3.63, 3.8) is 0 Å². The molecule has 0 aliphatic rings. The monoisotopic (exact) mass is 236 g/mol. The molecule has 0 bridgehead atoms. The Kier molecular flexibility index (Phi) is 6.25. The minimum atomic E-state index is 0.0623. The van der Waals surface area contributed by atoms with Gasteiger partial charge in [-0.05, 0) is 43.9 Å². The highest BCUT2D eigenvalue weighted by molar-refractivity contribution is 5.76. The lowest BCUT2D eigenvalue weighted by atomic mass is 10.1. The van der Waals surface area contributed by atoms with E-state index in [0.29, 0.717) is 6.42 Å². The van der Waals surface area contributed by atoms with E-state index in [1.165, 1.54) is 0 Å². The number of aryl methyl sites for hydroxylation is 1. The fraction of sp³-hybridized carbons (Fsp3) is 0.538. The highest BCUT2D eigenvalue weighted by Crippen LogP contribution is 2.02. The topological polar surface area (TPSA) is 62.2 Å². The molecular formula is C13H20N2O2. The Morgan fingerprint density at radius 1 is 1.47 bits per heavy atom. The molecule has 1 aromatic rings. The van der Waals surface area contributed by atoms with Crippen molar-refractivity contribution < 1.29 is 9.90 Å². The predicted octanol–water partition coefficient (Wildman–Crippen LogP) is 1.29. The summed E-state index contributed by atoms with van der Waals surface area (Å²) in [6.45, 7) is 2.14. The first-order chi connectivity index (χ1) is 8.22. The van der Waals surface area contributed by atoms with Crippen LogP contribution in [0.3, 0.4) is 0 Å². The van der Waals surface area contributed by atoms with Crippen molar-refractivity contribution in [3.05, 3.63) is 30.1 Å². The number of aromatic nitrogens is 1. The van der Waals surface area contributed by atoms with Crippen LogP contribution >= 0.6 is 0 Å². The summed E-state index contributed by atoms with van der Waals surface area (Å²) < 4.78 is 0.